The van der Waals surface area contributed by atoms with Crippen molar-refractivity contribution in [2.75, 3.05) is 6.61 Å². The molecule has 0 aliphatic heterocycles. The van der Waals surface area contributed by atoms with Gasteiger partial charge >= 0.3 is 5.97 Å². The number of carbonyl (C=O) groups is 1. The van der Waals surface area contributed by atoms with E-state index in [2.05, 4.69) is 6.92 Å². The molecule has 0 bridgehead atoms. The quantitative estimate of drug-likeness (QED) is 0.671. The van der Waals surface area contributed by atoms with Crippen molar-refractivity contribution < 1.29 is 19.7 Å². The van der Waals surface area contributed by atoms with E-state index in [1.807, 2.05) is 24.3 Å². The first-order valence-corrected chi connectivity index (χ1v) is 8.34. The number of phenols is 1. The first-order valence-electron chi connectivity index (χ1n) is 8.34. The lowest BCUT2D eigenvalue weighted by Crippen LogP contribution is -2.15. The highest BCUT2D eigenvalue weighted by Crippen LogP contribution is 2.28. The minimum absolute atomic E-state index is 0.127. The molecule has 2 N–H and O–H groups in total. The summed E-state index contributed by atoms with van der Waals surface area (Å²) in [5.74, 6) is -0.686. The van der Waals surface area contributed by atoms with E-state index >= 15 is 0 Å². The predicted octanol–water partition coefficient (Wildman–Crippen LogP) is 4.37. The summed E-state index contributed by atoms with van der Waals surface area (Å²) in [7, 11) is 0. The molecule has 0 spiro atoms. The molecular weight excluding hydrogens is 304 g/mol. The van der Waals surface area contributed by atoms with Crippen LogP contribution in [0.15, 0.2) is 48.5 Å². The molecule has 0 amide bonds. The van der Waals surface area contributed by atoms with E-state index in [4.69, 9.17) is 4.74 Å². The molecule has 0 aromatic heterocycles. The zero-order valence-corrected chi connectivity index (χ0v) is 13.9. The lowest BCUT2D eigenvalue weighted by Gasteiger charge is -2.16. The Labute approximate surface area is 142 Å². The average Bonchev–Trinajstić information content (AvgIpc) is 2.58. The number of unbranched alkanes of at least 4 members (excludes halogenated alkanes) is 2. The van der Waals surface area contributed by atoms with Crippen LogP contribution in [0.1, 0.15) is 43.2 Å². The Bertz CT molecular complexity index is 649. The van der Waals surface area contributed by atoms with E-state index in [1.165, 1.54) is 12.1 Å². The van der Waals surface area contributed by atoms with Gasteiger partial charge in [0, 0.05) is 0 Å². The van der Waals surface area contributed by atoms with Crippen LogP contribution in [0.5, 0.6) is 11.5 Å². The maximum absolute atomic E-state index is 11.7. The van der Waals surface area contributed by atoms with Gasteiger partial charge in [0.25, 0.3) is 0 Å². The number of phenolic OH excluding ortho intramolecular Hbond substituents is 1. The van der Waals surface area contributed by atoms with Crippen molar-refractivity contribution >= 4 is 5.97 Å². The zero-order chi connectivity index (χ0) is 17.4. The third kappa shape index (κ3) is 5.01. The molecule has 4 heteroatoms. The van der Waals surface area contributed by atoms with Gasteiger partial charge in [0.2, 0.25) is 0 Å². The SMILES string of the molecule is CCCCCOc1ccccc1CC(C(=O)O)c1ccc(O)cc1. The second-order valence-corrected chi connectivity index (χ2v) is 5.85. The highest BCUT2D eigenvalue weighted by atomic mass is 16.5. The smallest absolute Gasteiger partial charge is 0.311 e. The lowest BCUT2D eigenvalue weighted by molar-refractivity contribution is -0.138. The summed E-state index contributed by atoms with van der Waals surface area (Å²) in [6, 6.07) is 13.9. The monoisotopic (exact) mass is 328 g/mol. The maximum Gasteiger partial charge on any atom is 0.311 e. The fourth-order valence-corrected chi connectivity index (χ4v) is 2.62. The number of aromatic hydroxyl groups is 1. The minimum atomic E-state index is -0.888. The maximum atomic E-state index is 11.7. The molecule has 24 heavy (non-hydrogen) atoms. The molecule has 4 nitrogen and oxygen atoms in total. The first kappa shape index (κ1) is 17.9. The molecule has 0 aliphatic carbocycles. The Kier molecular flexibility index (Phi) is 6.67. The minimum Gasteiger partial charge on any atom is -0.508 e. The van der Waals surface area contributed by atoms with Crippen LogP contribution in [0.3, 0.4) is 0 Å². The third-order valence-corrected chi connectivity index (χ3v) is 4.00. The van der Waals surface area contributed by atoms with Crippen molar-refractivity contribution in [3.8, 4) is 11.5 Å². The average molecular weight is 328 g/mol. The van der Waals surface area contributed by atoms with Crippen molar-refractivity contribution in [1.82, 2.24) is 0 Å². The summed E-state index contributed by atoms with van der Waals surface area (Å²) in [5, 5.41) is 19.0. The summed E-state index contributed by atoms with van der Waals surface area (Å²) < 4.78 is 5.84. The molecule has 0 saturated heterocycles. The summed E-state index contributed by atoms with van der Waals surface area (Å²) in [4.78, 5) is 11.7. The van der Waals surface area contributed by atoms with Gasteiger partial charge in [-0.05, 0) is 42.2 Å². The van der Waals surface area contributed by atoms with E-state index in [1.54, 1.807) is 12.1 Å². The van der Waals surface area contributed by atoms with Crippen LogP contribution in [-0.2, 0) is 11.2 Å². The summed E-state index contributed by atoms with van der Waals surface area (Å²) in [6.07, 6.45) is 3.59. The fourth-order valence-electron chi connectivity index (χ4n) is 2.62. The Balaban J connectivity index is 2.14. The number of aliphatic carboxylic acids is 1. The van der Waals surface area contributed by atoms with Gasteiger partial charge in [-0.15, -0.1) is 0 Å². The molecule has 2 rings (SSSR count). The van der Waals surface area contributed by atoms with E-state index < -0.39 is 11.9 Å². The number of ether oxygens (including phenoxy) is 1. The molecule has 0 radical (unpaired) electrons. The van der Waals surface area contributed by atoms with Gasteiger partial charge in [-0.1, -0.05) is 50.1 Å². The molecule has 128 valence electrons. The Hall–Kier alpha value is -2.49. The van der Waals surface area contributed by atoms with Gasteiger partial charge in [-0.3, -0.25) is 4.79 Å². The van der Waals surface area contributed by atoms with Crippen LogP contribution in [-0.4, -0.2) is 22.8 Å². The largest absolute Gasteiger partial charge is 0.508 e. The topological polar surface area (TPSA) is 66.8 Å². The van der Waals surface area contributed by atoms with E-state index in [9.17, 15) is 15.0 Å². The number of hydrogen-bond acceptors (Lipinski definition) is 3. The summed E-state index contributed by atoms with van der Waals surface area (Å²) >= 11 is 0. The predicted molar refractivity (Wildman–Crippen MR) is 93.6 cm³/mol. The van der Waals surface area contributed by atoms with E-state index in [-0.39, 0.29) is 5.75 Å². The number of carboxylic acid groups (broad SMARTS) is 1. The Morgan fingerprint density at radius 3 is 2.46 bits per heavy atom. The van der Waals surface area contributed by atoms with Gasteiger partial charge in [-0.25, -0.2) is 0 Å². The van der Waals surface area contributed by atoms with Gasteiger partial charge in [0.05, 0.1) is 12.5 Å². The van der Waals surface area contributed by atoms with Crippen molar-refractivity contribution in [3.63, 3.8) is 0 Å². The van der Waals surface area contributed by atoms with Gasteiger partial charge in [-0.2, -0.15) is 0 Å². The van der Waals surface area contributed by atoms with Crippen LogP contribution in [0, 0.1) is 0 Å². The van der Waals surface area contributed by atoms with Gasteiger partial charge in [0.1, 0.15) is 11.5 Å². The van der Waals surface area contributed by atoms with E-state index in [0.717, 1.165) is 30.6 Å². The Morgan fingerprint density at radius 1 is 1.08 bits per heavy atom. The fraction of sp³-hybridized carbons (Fsp3) is 0.350. The first-order chi connectivity index (χ1) is 11.6. The second kappa shape index (κ2) is 8.96. The number of carboxylic acids is 1. The van der Waals surface area contributed by atoms with E-state index in [0.29, 0.717) is 18.6 Å². The molecule has 2 aromatic rings. The van der Waals surface area contributed by atoms with Crippen LogP contribution in [0.25, 0.3) is 0 Å². The van der Waals surface area contributed by atoms with Crippen LogP contribution < -0.4 is 4.74 Å². The van der Waals surface area contributed by atoms with Gasteiger partial charge < -0.3 is 14.9 Å². The van der Waals surface area contributed by atoms with Gasteiger partial charge in [0.15, 0.2) is 0 Å². The number of benzene rings is 2. The Morgan fingerprint density at radius 2 is 1.79 bits per heavy atom. The van der Waals surface area contributed by atoms with Crippen LogP contribution in [0.2, 0.25) is 0 Å². The second-order valence-electron chi connectivity index (χ2n) is 5.85. The molecule has 1 unspecified atom stereocenters. The standard InChI is InChI=1S/C20H24O4/c1-2-3-6-13-24-19-8-5-4-7-16(19)14-18(20(22)23)15-9-11-17(21)12-10-15/h4-5,7-12,18,21H,2-3,6,13-14H2,1H3,(H,22,23). The van der Waals surface area contributed by atoms with Crippen molar-refractivity contribution in [3.05, 3.63) is 59.7 Å². The lowest BCUT2D eigenvalue weighted by atomic mass is 9.91. The van der Waals surface area contributed by atoms with Crippen molar-refractivity contribution in [1.29, 1.82) is 0 Å². The molecule has 0 saturated carbocycles. The summed E-state index contributed by atoms with van der Waals surface area (Å²) in [5.41, 5.74) is 1.55. The zero-order valence-electron chi connectivity index (χ0n) is 13.9. The molecule has 2 aromatic carbocycles. The molecule has 0 heterocycles. The number of hydrogen-bond donors (Lipinski definition) is 2. The normalized spacial score (nSPS) is 11.9. The van der Waals surface area contributed by atoms with Crippen molar-refractivity contribution in [2.24, 2.45) is 0 Å². The van der Waals surface area contributed by atoms with Crippen LogP contribution in [0.4, 0.5) is 0 Å². The number of para-hydroxylation sites is 1. The molecule has 0 fully saturated rings. The highest BCUT2D eigenvalue weighted by Gasteiger charge is 2.22. The molecular formula is C20H24O4. The number of rotatable bonds is 9. The van der Waals surface area contributed by atoms with Crippen LogP contribution >= 0.6 is 0 Å². The van der Waals surface area contributed by atoms with Crippen molar-refractivity contribution in [2.45, 2.75) is 38.5 Å². The third-order valence-electron chi connectivity index (χ3n) is 4.00. The molecule has 1 atom stereocenters. The molecule has 0 aliphatic rings. The summed E-state index contributed by atoms with van der Waals surface area (Å²) in [6.45, 7) is 2.78. The highest BCUT2D eigenvalue weighted by molar-refractivity contribution is 5.76.